The second kappa shape index (κ2) is 9.76. The molecule has 0 atom stereocenters. The Bertz CT molecular complexity index is 1040. The number of fused-ring (bicyclic) bond motifs is 1. The molecule has 0 radical (unpaired) electrons. The molecule has 2 amide bonds. The maximum absolute atomic E-state index is 12.9. The van der Waals surface area contributed by atoms with Crippen LogP contribution in [0.1, 0.15) is 23.0 Å². The molecular weight excluding hydrogens is 392 g/mol. The number of rotatable bonds is 7. The topological polar surface area (TPSA) is 77.7 Å². The monoisotopic (exact) mass is 420 g/mol. The minimum Gasteiger partial charge on any atom is -0.367 e. The van der Waals surface area contributed by atoms with E-state index < -0.39 is 0 Å². The van der Waals surface area contributed by atoms with Gasteiger partial charge in [0.25, 0.3) is 5.91 Å². The number of aromatic nitrogens is 1. The first-order valence-electron chi connectivity index (χ1n) is 10.7. The molecule has 4 rings (SSSR count). The molecule has 0 bridgehead atoms. The normalized spacial score (nSPS) is 14.7. The van der Waals surface area contributed by atoms with E-state index in [-0.39, 0.29) is 18.4 Å². The van der Waals surface area contributed by atoms with E-state index in [1.54, 1.807) is 0 Å². The van der Waals surface area contributed by atoms with Crippen LogP contribution in [0.2, 0.25) is 0 Å². The van der Waals surface area contributed by atoms with Crippen LogP contribution in [0, 0.1) is 0 Å². The number of H-pyrrole nitrogens is 1. The van der Waals surface area contributed by atoms with Crippen LogP contribution in [0.3, 0.4) is 0 Å². The molecule has 1 aromatic heterocycles. The van der Waals surface area contributed by atoms with Gasteiger partial charge < -0.3 is 24.8 Å². The summed E-state index contributed by atoms with van der Waals surface area (Å²) in [6.45, 7) is 6.83. The van der Waals surface area contributed by atoms with Crippen molar-refractivity contribution in [2.45, 2.75) is 13.5 Å². The SMILES string of the molecule is CCN1CCN(C(=O)c2cc3cc(NC(=O)COCc4ccccc4)ccc3[nH]2)CC1. The van der Waals surface area contributed by atoms with Gasteiger partial charge in [0, 0.05) is 42.8 Å². The number of carbonyl (C=O) groups excluding carboxylic acids is 2. The summed E-state index contributed by atoms with van der Waals surface area (Å²) < 4.78 is 5.49. The molecule has 162 valence electrons. The lowest BCUT2D eigenvalue weighted by Gasteiger charge is -2.33. The summed E-state index contributed by atoms with van der Waals surface area (Å²) in [5.74, 6) is -0.192. The Morgan fingerprint density at radius 1 is 1.03 bits per heavy atom. The molecule has 1 fully saturated rings. The zero-order chi connectivity index (χ0) is 21.6. The van der Waals surface area contributed by atoms with Gasteiger partial charge >= 0.3 is 0 Å². The highest BCUT2D eigenvalue weighted by Crippen LogP contribution is 2.21. The Morgan fingerprint density at radius 3 is 2.55 bits per heavy atom. The molecular formula is C24H28N4O3. The lowest BCUT2D eigenvalue weighted by atomic mass is 10.2. The fourth-order valence-electron chi connectivity index (χ4n) is 3.80. The van der Waals surface area contributed by atoms with Crippen LogP contribution < -0.4 is 5.32 Å². The maximum Gasteiger partial charge on any atom is 0.270 e. The van der Waals surface area contributed by atoms with Crippen molar-refractivity contribution in [1.29, 1.82) is 0 Å². The number of carbonyl (C=O) groups is 2. The number of ether oxygens (including phenoxy) is 1. The van der Waals surface area contributed by atoms with Gasteiger partial charge in [0.15, 0.2) is 0 Å². The van der Waals surface area contributed by atoms with Crippen molar-refractivity contribution in [3.63, 3.8) is 0 Å². The third-order valence-corrected chi connectivity index (χ3v) is 5.59. The number of nitrogens with one attached hydrogen (secondary N) is 2. The Balaban J connectivity index is 1.34. The van der Waals surface area contributed by atoms with E-state index in [2.05, 4.69) is 22.1 Å². The first-order chi connectivity index (χ1) is 15.1. The predicted octanol–water partition coefficient (Wildman–Crippen LogP) is 3.10. The van der Waals surface area contributed by atoms with E-state index in [0.29, 0.717) is 18.0 Å². The summed E-state index contributed by atoms with van der Waals surface area (Å²) in [6, 6.07) is 17.2. The molecule has 3 aromatic rings. The number of nitrogens with zero attached hydrogens (tertiary/aromatic N) is 2. The Kier molecular flexibility index (Phi) is 6.64. The van der Waals surface area contributed by atoms with Gasteiger partial charge in [-0.2, -0.15) is 0 Å². The Labute approximate surface area is 182 Å². The first-order valence-corrected chi connectivity index (χ1v) is 10.7. The Morgan fingerprint density at radius 2 is 1.81 bits per heavy atom. The van der Waals surface area contributed by atoms with Crippen LogP contribution in [0.25, 0.3) is 10.9 Å². The van der Waals surface area contributed by atoms with Gasteiger partial charge in [0.05, 0.1) is 6.61 Å². The number of piperazine rings is 1. The zero-order valence-electron chi connectivity index (χ0n) is 17.8. The molecule has 7 nitrogen and oxygen atoms in total. The molecule has 31 heavy (non-hydrogen) atoms. The molecule has 0 aliphatic carbocycles. The van der Waals surface area contributed by atoms with Crippen LogP contribution in [0.15, 0.2) is 54.6 Å². The van der Waals surface area contributed by atoms with Crippen molar-refractivity contribution in [3.05, 3.63) is 65.9 Å². The fraction of sp³-hybridized carbons (Fsp3) is 0.333. The van der Waals surface area contributed by atoms with Crippen LogP contribution in [0.5, 0.6) is 0 Å². The summed E-state index contributed by atoms with van der Waals surface area (Å²) in [7, 11) is 0. The van der Waals surface area contributed by atoms with Crippen LogP contribution in [-0.4, -0.2) is 65.9 Å². The van der Waals surface area contributed by atoms with Crippen molar-refractivity contribution in [2.24, 2.45) is 0 Å². The smallest absolute Gasteiger partial charge is 0.270 e. The average Bonchev–Trinajstić information content (AvgIpc) is 3.23. The van der Waals surface area contributed by atoms with Gasteiger partial charge in [-0.25, -0.2) is 0 Å². The number of amides is 2. The quantitative estimate of drug-likeness (QED) is 0.616. The van der Waals surface area contributed by atoms with E-state index in [0.717, 1.165) is 49.2 Å². The number of hydrogen-bond acceptors (Lipinski definition) is 4. The van der Waals surface area contributed by atoms with Crippen LogP contribution >= 0.6 is 0 Å². The van der Waals surface area contributed by atoms with Crippen molar-refractivity contribution < 1.29 is 14.3 Å². The second-order valence-corrected chi connectivity index (χ2v) is 7.74. The third kappa shape index (κ3) is 5.31. The summed E-state index contributed by atoms with van der Waals surface area (Å²) in [6.07, 6.45) is 0. The average molecular weight is 421 g/mol. The van der Waals surface area contributed by atoms with Crippen LogP contribution in [0.4, 0.5) is 5.69 Å². The number of anilines is 1. The number of benzene rings is 2. The summed E-state index contributed by atoms with van der Waals surface area (Å²) in [5, 5.41) is 3.74. The highest BCUT2D eigenvalue weighted by Gasteiger charge is 2.22. The van der Waals surface area contributed by atoms with Gasteiger partial charge in [-0.05, 0) is 36.4 Å². The van der Waals surface area contributed by atoms with E-state index in [4.69, 9.17) is 4.74 Å². The van der Waals surface area contributed by atoms with Crippen molar-refractivity contribution in [3.8, 4) is 0 Å². The molecule has 0 saturated carbocycles. The molecule has 0 unspecified atom stereocenters. The molecule has 1 saturated heterocycles. The highest BCUT2D eigenvalue weighted by atomic mass is 16.5. The van der Waals surface area contributed by atoms with Crippen molar-refractivity contribution in [1.82, 2.24) is 14.8 Å². The minimum atomic E-state index is -0.212. The van der Waals surface area contributed by atoms with E-state index in [1.165, 1.54) is 0 Å². The van der Waals surface area contributed by atoms with E-state index in [9.17, 15) is 9.59 Å². The zero-order valence-corrected chi connectivity index (χ0v) is 17.8. The van der Waals surface area contributed by atoms with Gasteiger partial charge in [0.1, 0.15) is 12.3 Å². The number of aromatic amines is 1. The lowest BCUT2D eigenvalue weighted by Crippen LogP contribution is -2.48. The standard InChI is InChI=1S/C24H28N4O3/c1-2-27-10-12-28(13-11-27)24(30)22-15-19-14-20(8-9-21(19)26-22)25-23(29)17-31-16-18-6-4-3-5-7-18/h3-9,14-15,26H,2,10-13,16-17H2,1H3,(H,25,29). The van der Waals surface area contributed by atoms with E-state index in [1.807, 2.05) is 59.5 Å². The van der Waals surface area contributed by atoms with Crippen molar-refractivity contribution in [2.75, 3.05) is 44.6 Å². The molecule has 7 heteroatoms. The summed E-state index contributed by atoms with van der Waals surface area (Å²) in [4.78, 5) is 32.5. The van der Waals surface area contributed by atoms with Crippen molar-refractivity contribution >= 4 is 28.4 Å². The van der Waals surface area contributed by atoms with Gasteiger partial charge in [-0.3, -0.25) is 9.59 Å². The maximum atomic E-state index is 12.9. The van der Waals surface area contributed by atoms with Gasteiger partial charge in [-0.15, -0.1) is 0 Å². The molecule has 1 aliphatic rings. The predicted molar refractivity (Wildman–Crippen MR) is 121 cm³/mol. The molecule has 1 aliphatic heterocycles. The minimum absolute atomic E-state index is 0.0202. The lowest BCUT2D eigenvalue weighted by molar-refractivity contribution is -0.121. The molecule has 2 aromatic carbocycles. The van der Waals surface area contributed by atoms with Crippen LogP contribution in [-0.2, 0) is 16.1 Å². The number of likely N-dealkylation sites (N-methyl/N-ethyl adjacent to an activating group) is 1. The Hall–Kier alpha value is -3.16. The molecule has 2 heterocycles. The molecule has 0 spiro atoms. The largest absolute Gasteiger partial charge is 0.367 e. The van der Waals surface area contributed by atoms with Gasteiger partial charge in [-0.1, -0.05) is 37.3 Å². The summed E-state index contributed by atoms with van der Waals surface area (Å²) in [5.41, 5.74) is 3.15. The molecule has 2 N–H and O–H groups in total. The second-order valence-electron chi connectivity index (χ2n) is 7.74. The summed E-state index contributed by atoms with van der Waals surface area (Å²) >= 11 is 0. The third-order valence-electron chi connectivity index (χ3n) is 5.59. The van der Waals surface area contributed by atoms with Gasteiger partial charge in [0.2, 0.25) is 5.91 Å². The first kappa shape index (κ1) is 21.1. The highest BCUT2D eigenvalue weighted by molar-refractivity contribution is 6.00. The fourth-order valence-corrected chi connectivity index (χ4v) is 3.80. The van der Waals surface area contributed by atoms with E-state index >= 15 is 0 Å². The number of hydrogen-bond donors (Lipinski definition) is 2.